The molecular formula is C14H21N3O. The van der Waals surface area contributed by atoms with Gasteiger partial charge in [-0.15, -0.1) is 0 Å². The van der Waals surface area contributed by atoms with Crippen LogP contribution in [-0.2, 0) is 4.79 Å². The van der Waals surface area contributed by atoms with Gasteiger partial charge in [0.1, 0.15) is 6.04 Å². The minimum Gasteiger partial charge on any atom is -0.353 e. The fourth-order valence-electron chi connectivity index (χ4n) is 2.52. The van der Waals surface area contributed by atoms with Gasteiger partial charge in [-0.3, -0.25) is 9.69 Å². The van der Waals surface area contributed by atoms with Gasteiger partial charge >= 0.3 is 0 Å². The van der Waals surface area contributed by atoms with Crippen LogP contribution in [0.2, 0.25) is 0 Å². The summed E-state index contributed by atoms with van der Waals surface area (Å²) in [6.45, 7) is 4.48. The number of piperazine rings is 1. The zero-order valence-electron chi connectivity index (χ0n) is 11.0. The summed E-state index contributed by atoms with van der Waals surface area (Å²) in [4.78, 5) is 14.2. The van der Waals surface area contributed by atoms with Gasteiger partial charge in [-0.25, -0.2) is 0 Å². The minimum atomic E-state index is -0.0843. The molecule has 1 fully saturated rings. The van der Waals surface area contributed by atoms with Crippen molar-refractivity contribution < 1.29 is 4.79 Å². The van der Waals surface area contributed by atoms with Gasteiger partial charge < -0.3 is 10.6 Å². The highest BCUT2D eigenvalue weighted by Gasteiger charge is 2.32. The van der Waals surface area contributed by atoms with Crippen LogP contribution in [0.3, 0.4) is 0 Å². The van der Waals surface area contributed by atoms with Crippen LogP contribution in [0.25, 0.3) is 0 Å². The van der Waals surface area contributed by atoms with Crippen LogP contribution in [0, 0.1) is 0 Å². The smallest absolute Gasteiger partial charge is 0.238 e. The molecule has 2 rings (SSSR count). The van der Waals surface area contributed by atoms with Gasteiger partial charge in [-0.05, 0) is 19.5 Å². The molecule has 1 aromatic rings. The van der Waals surface area contributed by atoms with E-state index in [9.17, 15) is 4.79 Å². The maximum absolute atomic E-state index is 11.9. The summed E-state index contributed by atoms with van der Waals surface area (Å²) in [5.74, 6) is 0.124. The molecular weight excluding hydrogens is 226 g/mol. The summed E-state index contributed by atoms with van der Waals surface area (Å²) in [5, 5.41) is 6.03. The fourth-order valence-corrected chi connectivity index (χ4v) is 2.52. The van der Waals surface area contributed by atoms with E-state index in [-0.39, 0.29) is 18.0 Å². The normalized spacial score (nSPS) is 22.6. The Morgan fingerprint density at radius 2 is 2.17 bits per heavy atom. The maximum Gasteiger partial charge on any atom is 0.238 e. The summed E-state index contributed by atoms with van der Waals surface area (Å²) in [5.41, 5.74) is 1.26. The predicted octanol–water partition coefficient (Wildman–Crippen LogP) is 0.767. The molecule has 1 amide bonds. The molecule has 0 aromatic heterocycles. The first kappa shape index (κ1) is 13.1. The second kappa shape index (κ2) is 5.98. The van der Waals surface area contributed by atoms with Crippen molar-refractivity contribution >= 4 is 5.91 Å². The molecule has 4 heteroatoms. The molecule has 4 nitrogen and oxygen atoms in total. The minimum absolute atomic E-state index is 0.0843. The average molecular weight is 247 g/mol. The van der Waals surface area contributed by atoms with Crippen molar-refractivity contribution in [2.45, 2.75) is 19.0 Å². The van der Waals surface area contributed by atoms with E-state index in [1.807, 2.05) is 25.2 Å². The first-order valence-corrected chi connectivity index (χ1v) is 6.47. The Bertz CT molecular complexity index is 393. The lowest BCUT2D eigenvalue weighted by Gasteiger charge is -2.39. The fraction of sp³-hybridized carbons (Fsp3) is 0.500. The molecule has 2 atom stereocenters. The second-order valence-electron chi connectivity index (χ2n) is 4.69. The summed E-state index contributed by atoms with van der Waals surface area (Å²) >= 11 is 0. The number of nitrogens with one attached hydrogen (secondary N) is 2. The molecule has 1 saturated heterocycles. The van der Waals surface area contributed by atoms with E-state index in [4.69, 9.17) is 0 Å². The number of carbonyl (C=O) groups excluding carboxylic acids is 1. The molecule has 0 spiro atoms. The van der Waals surface area contributed by atoms with E-state index in [1.165, 1.54) is 5.56 Å². The Kier molecular flexibility index (Phi) is 4.33. The van der Waals surface area contributed by atoms with Crippen LogP contribution in [0.5, 0.6) is 0 Å². The highest BCUT2D eigenvalue weighted by molar-refractivity contribution is 5.82. The first-order valence-electron chi connectivity index (χ1n) is 6.47. The summed E-state index contributed by atoms with van der Waals surface area (Å²) in [7, 11) is 1.88. The monoisotopic (exact) mass is 247 g/mol. The van der Waals surface area contributed by atoms with Crippen LogP contribution in [-0.4, -0.2) is 43.5 Å². The van der Waals surface area contributed by atoms with E-state index in [2.05, 4.69) is 34.6 Å². The van der Waals surface area contributed by atoms with Gasteiger partial charge in [-0.1, -0.05) is 30.3 Å². The van der Waals surface area contributed by atoms with Crippen molar-refractivity contribution in [2.24, 2.45) is 0 Å². The Labute approximate surface area is 108 Å². The van der Waals surface area contributed by atoms with Crippen molar-refractivity contribution in [1.29, 1.82) is 0 Å². The van der Waals surface area contributed by atoms with E-state index in [0.29, 0.717) is 6.54 Å². The van der Waals surface area contributed by atoms with Crippen molar-refractivity contribution in [3.05, 3.63) is 35.9 Å². The lowest BCUT2D eigenvalue weighted by atomic mass is 10.0. The Hall–Kier alpha value is -1.39. The third kappa shape index (κ3) is 2.71. The quantitative estimate of drug-likeness (QED) is 0.826. The van der Waals surface area contributed by atoms with Crippen molar-refractivity contribution in [3.63, 3.8) is 0 Å². The van der Waals surface area contributed by atoms with Crippen LogP contribution in [0.4, 0.5) is 0 Å². The van der Waals surface area contributed by atoms with Gasteiger partial charge in [0, 0.05) is 25.7 Å². The van der Waals surface area contributed by atoms with Crippen LogP contribution >= 0.6 is 0 Å². The second-order valence-corrected chi connectivity index (χ2v) is 4.69. The molecule has 0 aliphatic carbocycles. The summed E-state index contributed by atoms with van der Waals surface area (Å²) in [6, 6.07) is 10.5. The Morgan fingerprint density at radius 1 is 1.44 bits per heavy atom. The zero-order chi connectivity index (χ0) is 13.0. The van der Waals surface area contributed by atoms with Crippen LogP contribution in [0.15, 0.2) is 30.3 Å². The number of nitrogens with zero attached hydrogens (tertiary/aromatic N) is 1. The first-order chi connectivity index (χ1) is 8.74. The van der Waals surface area contributed by atoms with Crippen LogP contribution in [0.1, 0.15) is 18.5 Å². The Balaban J connectivity index is 2.16. The molecule has 1 aromatic carbocycles. The molecule has 0 bridgehead atoms. The van der Waals surface area contributed by atoms with Crippen LogP contribution < -0.4 is 10.6 Å². The topological polar surface area (TPSA) is 44.4 Å². The zero-order valence-corrected chi connectivity index (χ0v) is 11.0. The molecule has 1 aliphatic rings. The molecule has 2 N–H and O–H groups in total. The molecule has 0 radical (unpaired) electrons. The number of amides is 1. The van der Waals surface area contributed by atoms with Gasteiger partial charge in [0.05, 0.1) is 0 Å². The van der Waals surface area contributed by atoms with Gasteiger partial charge in [-0.2, -0.15) is 0 Å². The number of likely N-dealkylation sites (N-methyl/N-ethyl adjacent to an activating group) is 1. The van der Waals surface area contributed by atoms with Crippen molar-refractivity contribution in [3.8, 4) is 0 Å². The number of carbonyl (C=O) groups is 1. The predicted molar refractivity (Wildman–Crippen MR) is 72.3 cm³/mol. The van der Waals surface area contributed by atoms with E-state index in [1.54, 1.807) is 0 Å². The SMILES string of the molecule is CNCC1C(=O)NCCN1C(C)c1ccccc1. The third-order valence-electron chi connectivity index (χ3n) is 3.55. The van der Waals surface area contributed by atoms with E-state index >= 15 is 0 Å². The highest BCUT2D eigenvalue weighted by atomic mass is 16.2. The molecule has 98 valence electrons. The largest absolute Gasteiger partial charge is 0.353 e. The molecule has 1 heterocycles. The van der Waals surface area contributed by atoms with E-state index < -0.39 is 0 Å². The van der Waals surface area contributed by atoms with Crippen molar-refractivity contribution in [1.82, 2.24) is 15.5 Å². The summed E-state index contributed by atoms with van der Waals surface area (Å²) in [6.07, 6.45) is 0. The maximum atomic E-state index is 11.9. The van der Waals surface area contributed by atoms with Gasteiger partial charge in [0.2, 0.25) is 5.91 Å². The standard InChI is InChI=1S/C14H21N3O/c1-11(12-6-4-3-5-7-12)17-9-8-16-14(18)13(17)10-15-2/h3-7,11,13,15H,8-10H2,1-2H3,(H,16,18). The highest BCUT2D eigenvalue weighted by Crippen LogP contribution is 2.23. The molecule has 2 unspecified atom stereocenters. The molecule has 1 aliphatic heterocycles. The molecule has 18 heavy (non-hydrogen) atoms. The van der Waals surface area contributed by atoms with Gasteiger partial charge in [0.15, 0.2) is 0 Å². The van der Waals surface area contributed by atoms with Crippen molar-refractivity contribution in [2.75, 3.05) is 26.7 Å². The summed E-state index contributed by atoms with van der Waals surface area (Å²) < 4.78 is 0. The third-order valence-corrected chi connectivity index (χ3v) is 3.55. The number of hydrogen-bond donors (Lipinski definition) is 2. The molecule has 0 saturated carbocycles. The lowest BCUT2D eigenvalue weighted by molar-refractivity contribution is -0.130. The number of hydrogen-bond acceptors (Lipinski definition) is 3. The number of benzene rings is 1. The lowest BCUT2D eigenvalue weighted by Crippen LogP contribution is -2.58. The van der Waals surface area contributed by atoms with E-state index in [0.717, 1.165) is 13.1 Å². The number of rotatable bonds is 4. The Morgan fingerprint density at radius 3 is 2.83 bits per heavy atom. The average Bonchev–Trinajstić information content (AvgIpc) is 2.41. The van der Waals surface area contributed by atoms with Gasteiger partial charge in [0.25, 0.3) is 0 Å².